The largest absolute Gasteiger partial charge is 0.394 e. The Balaban J connectivity index is 0.00000192. The van der Waals surface area contributed by atoms with Crippen LogP contribution in [0.15, 0.2) is 0 Å². The normalized spacial score (nSPS) is 23.4. The molecular formula is C19H38N2O9. The molecule has 1 aliphatic rings. The topological polar surface area (TPSA) is 170 Å². The number of ether oxygens (including phenoxy) is 4. The fourth-order valence-electron chi connectivity index (χ4n) is 2.49. The van der Waals surface area contributed by atoms with Crippen LogP contribution in [0.5, 0.6) is 0 Å². The summed E-state index contributed by atoms with van der Waals surface area (Å²) in [4.78, 5) is 20.9. The lowest BCUT2D eigenvalue weighted by molar-refractivity contribution is -0.256. The molecule has 0 aromatic rings. The van der Waals surface area contributed by atoms with E-state index in [1.807, 2.05) is 6.92 Å². The van der Waals surface area contributed by atoms with E-state index in [-0.39, 0.29) is 24.8 Å². The molecule has 1 heterocycles. The van der Waals surface area contributed by atoms with Crippen LogP contribution >= 0.6 is 0 Å². The number of carbonyl (C=O) groups excluding carboxylic acids is 2. The van der Waals surface area contributed by atoms with E-state index in [1.165, 1.54) is 6.92 Å². The Morgan fingerprint density at radius 3 is 2.43 bits per heavy atom. The zero-order valence-electron chi connectivity index (χ0n) is 18.0. The lowest BCUT2D eigenvalue weighted by atomic mass is 10.0. The number of amides is 2. The average molecular weight is 439 g/mol. The summed E-state index contributed by atoms with van der Waals surface area (Å²) in [6.45, 7) is 5.90. The number of aliphatic hydroxyl groups is 3. The Bertz CT molecular complexity index is 450. The van der Waals surface area contributed by atoms with Crippen LogP contribution in [-0.4, -0.2) is 97.9 Å². The number of hydrogen-bond acceptors (Lipinski definition) is 9. The molecule has 0 aromatic heterocycles. The quantitative estimate of drug-likeness (QED) is 0.206. The van der Waals surface area contributed by atoms with Gasteiger partial charge in [0.25, 0.3) is 0 Å². The Labute approximate surface area is 177 Å². The monoisotopic (exact) mass is 438 g/mol. The summed E-state index contributed by atoms with van der Waals surface area (Å²) in [5.74, 6) is -0.369. The van der Waals surface area contributed by atoms with Crippen LogP contribution in [0.1, 0.15) is 39.5 Å². The summed E-state index contributed by atoms with van der Waals surface area (Å²) in [5, 5.41) is 31.2. The molecule has 11 nitrogen and oxygen atoms in total. The van der Waals surface area contributed by atoms with Crippen LogP contribution < -0.4 is 11.1 Å². The minimum atomic E-state index is -1.10. The molecule has 1 saturated heterocycles. The second kappa shape index (κ2) is 18.4. The summed E-state index contributed by atoms with van der Waals surface area (Å²) >= 11 is 0. The van der Waals surface area contributed by atoms with Crippen molar-refractivity contribution < 1.29 is 43.9 Å². The lowest BCUT2D eigenvalue weighted by Gasteiger charge is -2.36. The second-order valence-corrected chi connectivity index (χ2v) is 6.68. The third-order valence-corrected chi connectivity index (χ3v) is 3.96. The first-order chi connectivity index (χ1) is 14.3. The van der Waals surface area contributed by atoms with E-state index < -0.39 is 24.6 Å². The average Bonchev–Trinajstić information content (AvgIpc) is 2.69. The molecule has 2 amide bonds. The maximum absolute atomic E-state index is 11.7. The highest BCUT2D eigenvalue weighted by Gasteiger charge is 2.36. The van der Waals surface area contributed by atoms with Crippen LogP contribution in [0, 0.1) is 0 Å². The van der Waals surface area contributed by atoms with E-state index in [9.17, 15) is 19.8 Å². The van der Waals surface area contributed by atoms with E-state index in [2.05, 4.69) is 11.1 Å². The molecule has 178 valence electrons. The van der Waals surface area contributed by atoms with Crippen molar-refractivity contribution in [2.75, 3.05) is 46.2 Å². The number of primary amides is 1. The minimum absolute atomic E-state index is 0.0359. The zero-order chi connectivity index (χ0) is 22.8. The van der Waals surface area contributed by atoms with Gasteiger partial charge in [-0.1, -0.05) is 0 Å². The van der Waals surface area contributed by atoms with Crippen molar-refractivity contribution in [2.24, 2.45) is 5.73 Å². The maximum Gasteiger partial charge on any atom is 0.220 e. The smallest absolute Gasteiger partial charge is 0.220 e. The Kier molecular flexibility index (Phi) is 17.6. The fourth-order valence-corrected chi connectivity index (χ4v) is 2.49. The van der Waals surface area contributed by atoms with Gasteiger partial charge in [-0.2, -0.15) is 0 Å². The van der Waals surface area contributed by atoms with Crippen LogP contribution in [0.4, 0.5) is 0 Å². The highest BCUT2D eigenvalue weighted by molar-refractivity contribution is 5.75. The molecule has 4 atom stereocenters. The van der Waals surface area contributed by atoms with Gasteiger partial charge >= 0.3 is 0 Å². The highest BCUT2D eigenvalue weighted by Crippen LogP contribution is 2.21. The molecule has 0 saturated carbocycles. The van der Waals surface area contributed by atoms with Crippen molar-refractivity contribution >= 4 is 11.8 Å². The van der Waals surface area contributed by atoms with E-state index in [1.54, 1.807) is 0 Å². The van der Waals surface area contributed by atoms with Crippen molar-refractivity contribution in [2.45, 2.75) is 64.1 Å². The molecule has 1 aliphatic heterocycles. The molecule has 2 unspecified atom stereocenters. The number of nitrogens with one attached hydrogen (secondary N) is 1. The van der Waals surface area contributed by atoms with Gasteiger partial charge in [-0.05, 0) is 19.8 Å². The summed E-state index contributed by atoms with van der Waals surface area (Å²) < 4.78 is 21.3. The third kappa shape index (κ3) is 15.5. The van der Waals surface area contributed by atoms with Crippen molar-refractivity contribution in [3.8, 4) is 0 Å². The van der Waals surface area contributed by atoms with Crippen molar-refractivity contribution in [3.05, 3.63) is 0 Å². The van der Waals surface area contributed by atoms with E-state index >= 15 is 0 Å². The van der Waals surface area contributed by atoms with Crippen molar-refractivity contribution in [3.63, 3.8) is 0 Å². The molecule has 0 bridgehead atoms. The standard InChI is InChI=1S/C17H33NO8.C2H5NO/c1-2-23-9-10-24-8-6-18-15(21)5-3-4-7-25-16-11-13(20)17(22)14(12-19)26-16;1-2(3)4/h13-14,16-17,19-20,22H,2-12H2,1H3,(H,18,21);1H3,(H2,3,4)/t13-,14?,16-,17?;/m1./s1. The summed E-state index contributed by atoms with van der Waals surface area (Å²) in [6.07, 6.45) is -1.70. The summed E-state index contributed by atoms with van der Waals surface area (Å²) in [7, 11) is 0. The molecule has 1 rings (SSSR count). The number of hydrogen-bond donors (Lipinski definition) is 5. The number of unbranched alkanes of at least 4 members (excludes halogenated alkanes) is 1. The van der Waals surface area contributed by atoms with Gasteiger partial charge in [-0.25, -0.2) is 0 Å². The molecule has 30 heavy (non-hydrogen) atoms. The van der Waals surface area contributed by atoms with Gasteiger partial charge in [0.2, 0.25) is 11.8 Å². The first-order valence-electron chi connectivity index (χ1n) is 10.2. The Morgan fingerprint density at radius 1 is 1.13 bits per heavy atom. The molecule has 11 heteroatoms. The highest BCUT2D eigenvalue weighted by atomic mass is 16.7. The molecule has 0 spiro atoms. The van der Waals surface area contributed by atoms with E-state index in [4.69, 9.17) is 24.1 Å². The Morgan fingerprint density at radius 2 is 1.80 bits per heavy atom. The van der Waals surface area contributed by atoms with E-state index in [0.29, 0.717) is 58.8 Å². The van der Waals surface area contributed by atoms with Crippen LogP contribution in [0.3, 0.4) is 0 Å². The molecule has 1 fully saturated rings. The summed E-state index contributed by atoms with van der Waals surface area (Å²) in [6, 6.07) is 0. The van der Waals surface area contributed by atoms with Gasteiger partial charge in [0.1, 0.15) is 12.2 Å². The Hall–Kier alpha value is -1.34. The number of aliphatic hydroxyl groups excluding tert-OH is 3. The third-order valence-electron chi connectivity index (χ3n) is 3.96. The van der Waals surface area contributed by atoms with E-state index in [0.717, 1.165) is 0 Å². The van der Waals surface area contributed by atoms with Crippen molar-refractivity contribution in [1.82, 2.24) is 5.32 Å². The van der Waals surface area contributed by atoms with Gasteiger partial charge in [0.15, 0.2) is 6.29 Å². The number of carbonyl (C=O) groups is 2. The maximum atomic E-state index is 11.7. The second-order valence-electron chi connectivity index (χ2n) is 6.68. The van der Waals surface area contributed by atoms with Gasteiger partial charge in [-0.15, -0.1) is 0 Å². The predicted octanol–water partition coefficient (Wildman–Crippen LogP) is -1.34. The first kappa shape index (κ1) is 28.7. The summed E-state index contributed by atoms with van der Waals surface area (Å²) in [5.41, 5.74) is 4.47. The number of nitrogens with two attached hydrogens (primary N) is 1. The fraction of sp³-hybridized carbons (Fsp3) is 0.895. The minimum Gasteiger partial charge on any atom is -0.394 e. The lowest BCUT2D eigenvalue weighted by Crippen LogP contribution is -2.50. The van der Waals surface area contributed by atoms with Gasteiger partial charge in [0.05, 0.1) is 32.5 Å². The zero-order valence-corrected chi connectivity index (χ0v) is 18.0. The SMILES string of the molecule is CC(N)=O.CCOCCOCCNC(=O)CCCCO[C@H]1C[C@@H](O)C(O)C(CO)O1. The van der Waals surface area contributed by atoms with Gasteiger partial charge < -0.3 is 45.3 Å². The van der Waals surface area contributed by atoms with Crippen molar-refractivity contribution in [1.29, 1.82) is 0 Å². The van der Waals surface area contributed by atoms with Crippen LogP contribution in [0.2, 0.25) is 0 Å². The molecule has 0 aliphatic carbocycles. The molecule has 0 radical (unpaired) electrons. The molecular weight excluding hydrogens is 400 g/mol. The number of rotatable bonds is 14. The molecule has 0 aromatic carbocycles. The van der Waals surface area contributed by atoms with Crippen LogP contribution in [-0.2, 0) is 28.5 Å². The molecule has 6 N–H and O–H groups in total. The first-order valence-corrected chi connectivity index (χ1v) is 10.2. The van der Waals surface area contributed by atoms with Gasteiger partial charge in [0, 0.05) is 39.5 Å². The van der Waals surface area contributed by atoms with Gasteiger partial charge in [-0.3, -0.25) is 9.59 Å². The predicted molar refractivity (Wildman–Crippen MR) is 107 cm³/mol. The van der Waals surface area contributed by atoms with Crippen LogP contribution in [0.25, 0.3) is 0 Å².